The Balaban J connectivity index is 2.06. The van der Waals surface area contributed by atoms with Crippen LogP contribution in [0.5, 0.6) is 0 Å². The summed E-state index contributed by atoms with van der Waals surface area (Å²) in [5.74, 6) is -0.786. The number of nitrogens with one attached hydrogen (secondary N) is 1. The Morgan fingerprint density at radius 2 is 1.51 bits per heavy atom. The number of amides is 2. The Bertz CT molecular complexity index is 1370. The minimum absolute atomic E-state index is 0.0916. The van der Waals surface area contributed by atoms with Crippen molar-refractivity contribution >= 4 is 39.1 Å². The van der Waals surface area contributed by atoms with Gasteiger partial charge in [-0.2, -0.15) is 0 Å². The second-order valence-electron chi connectivity index (χ2n) is 9.68. The number of carbonyl (C=O) groups is 2. The Morgan fingerprint density at radius 3 is 2.08 bits per heavy atom. The van der Waals surface area contributed by atoms with E-state index in [2.05, 4.69) is 5.32 Å². The molecule has 3 aromatic rings. The first-order valence-electron chi connectivity index (χ1n) is 12.9. The van der Waals surface area contributed by atoms with Crippen LogP contribution in [0.15, 0.2) is 78.9 Å². The second kappa shape index (κ2) is 13.6. The van der Waals surface area contributed by atoms with Crippen LogP contribution >= 0.6 is 11.6 Å². The van der Waals surface area contributed by atoms with Crippen molar-refractivity contribution in [3.05, 3.63) is 101 Å². The van der Waals surface area contributed by atoms with Crippen LogP contribution in [0.2, 0.25) is 5.02 Å². The SMILES string of the molecule is CCC(C)NC(=O)C(Cc1ccccc1)N(Cc1ccccc1)C(=O)CN(c1cccc(Cl)c1C)S(C)(=O)=O. The third-order valence-electron chi connectivity index (χ3n) is 6.65. The van der Waals surface area contributed by atoms with Crippen LogP contribution < -0.4 is 9.62 Å². The van der Waals surface area contributed by atoms with E-state index in [1.165, 1.54) is 4.90 Å². The predicted molar refractivity (Wildman–Crippen MR) is 157 cm³/mol. The van der Waals surface area contributed by atoms with E-state index >= 15 is 0 Å². The summed E-state index contributed by atoms with van der Waals surface area (Å²) in [5.41, 5.74) is 2.58. The minimum Gasteiger partial charge on any atom is -0.352 e. The number of halogens is 1. The molecule has 2 atom stereocenters. The van der Waals surface area contributed by atoms with Crippen molar-refractivity contribution in [2.45, 2.75) is 52.2 Å². The molecule has 0 aromatic heterocycles. The molecule has 39 heavy (non-hydrogen) atoms. The second-order valence-corrected chi connectivity index (χ2v) is 12.0. The van der Waals surface area contributed by atoms with Gasteiger partial charge in [-0.25, -0.2) is 8.42 Å². The quantitative estimate of drug-likeness (QED) is 0.334. The van der Waals surface area contributed by atoms with E-state index < -0.39 is 28.5 Å². The van der Waals surface area contributed by atoms with Gasteiger partial charge in [0.25, 0.3) is 0 Å². The first-order valence-corrected chi connectivity index (χ1v) is 15.1. The highest BCUT2D eigenvalue weighted by Gasteiger charge is 2.33. The molecule has 0 bridgehead atoms. The van der Waals surface area contributed by atoms with Crippen LogP contribution in [0, 0.1) is 6.92 Å². The molecule has 0 aliphatic rings. The van der Waals surface area contributed by atoms with E-state index in [-0.39, 0.29) is 24.9 Å². The van der Waals surface area contributed by atoms with Crippen LogP contribution in [0.3, 0.4) is 0 Å². The van der Waals surface area contributed by atoms with Crippen LogP contribution in [0.1, 0.15) is 37.0 Å². The van der Waals surface area contributed by atoms with Gasteiger partial charge >= 0.3 is 0 Å². The molecule has 3 rings (SSSR count). The molecule has 0 radical (unpaired) electrons. The maximum Gasteiger partial charge on any atom is 0.244 e. The van der Waals surface area contributed by atoms with Gasteiger partial charge in [0.1, 0.15) is 12.6 Å². The number of nitrogens with zero attached hydrogens (tertiary/aromatic N) is 2. The number of sulfonamides is 1. The summed E-state index contributed by atoms with van der Waals surface area (Å²) in [5, 5.41) is 3.41. The van der Waals surface area contributed by atoms with E-state index in [0.717, 1.165) is 28.1 Å². The van der Waals surface area contributed by atoms with Crippen molar-refractivity contribution < 1.29 is 18.0 Å². The summed E-state index contributed by atoms with van der Waals surface area (Å²) in [7, 11) is -3.86. The molecule has 9 heteroatoms. The lowest BCUT2D eigenvalue weighted by Crippen LogP contribution is -2.54. The number of hydrogen-bond acceptors (Lipinski definition) is 4. The third kappa shape index (κ3) is 8.31. The smallest absolute Gasteiger partial charge is 0.244 e. The maximum absolute atomic E-state index is 14.1. The topological polar surface area (TPSA) is 86.8 Å². The van der Waals surface area contributed by atoms with Crippen molar-refractivity contribution in [2.75, 3.05) is 17.1 Å². The minimum atomic E-state index is -3.86. The molecule has 0 heterocycles. The number of benzene rings is 3. The number of rotatable bonds is 12. The first-order chi connectivity index (χ1) is 18.5. The molecular weight excluding hydrogens is 534 g/mol. The number of carbonyl (C=O) groups excluding carboxylic acids is 2. The van der Waals surface area contributed by atoms with Crippen molar-refractivity contribution in [3.63, 3.8) is 0 Å². The Morgan fingerprint density at radius 1 is 0.923 bits per heavy atom. The molecule has 3 aromatic carbocycles. The van der Waals surface area contributed by atoms with Gasteiger partial charge in [-0.15, -0.1) is 0 Å². The molecule has 1 N–H and O–H groups in total. The maximum atomic E-state index is 14.1. The summed E-state index contributed by atoms with van der Waals surface area (Å²) in [6.45, 7) is 5.25. The number of anilines is 1. The lowest BCUT2D eigenvalue weighted by atomic mass is 10.0. The summed E-state index contributed by atoms with van der Waals surface area (Å²) < 4.78 is 26.9. The third-order valence-corrected chi connectivity index (χ3v) is 8.19. The molecule has 7 nitrogen and oxygen atoms in total. The number of hydrogen-bond donors (Lipinski definition) is 1. The van der Waals surface area contributed by atoms with Gasteiger partial charge in [-0.3, -0.25) is 13.9 Å². The standard InChI is InChI=1S/C30H36ClN3O4S/c1-5-22(2)32-30(36)28(19-24-13-8-6-9-14-24)33(20-25-15-10-7-11-16-25)29(35)21-34(39(4,37)38)27-18-12-17-26(31)23(27)3/h6-18,22,28H,5,19-21H2,1-4H3,(H,32,36). The van der Waals surface area contributed by atoms with E-state index in [4.69, 9.17) is 11.6 Å². The van der Waals surface area contributed by atoms with Crippen LogP contribution in [-0.4, -0.2) is 50.0 Å². The van der Waals surface area contributed by atoms with Crippen LogP contribution in [0.25, 0.3) is 0 Å². The lowest BCUT2D eigenvalue weighted by molar-refractivity contribution is -0.140. The molecule has 2 amide bonds. The fraction of sp³-hybridized carbons (Fsp3) is 0.333. The van der Waals surface area contributed by atoms with Crippen molar-refractivity contribution in [3.8, 4) is 0 Å². The molecular formula is C30H36ClN3O4S. The highest BCUT2D eigenvalue weighted by Crippen LogP contribution is 2.28. The zero-order valence-corrected chi connectivity index (χ0v) is 24.4. The fourth-order valence-corrected chi connectivity index (χ4v) is 5.31. The molecule has 0 fully saturated rings. The van der Waals surface area contributed by atoms with Gasteiger partial charge in [0.15, 0.2) is 0 Å². The summed E-state index contributed by atoms with van der Waals surface area (Å²) in [6.07, 6.45) is 2.06. The van der Waals surface area contributed by atoms with E-state index in [0.29, 0.717) is 16.3 Å². The molecule has 0 spiro atoms. The monoisotopic (exact) mass is 569 g/mol. The van der Waals surface area contributed by atoms with Gasteiger partial charge in [-0.05, 0) is 49.1 Å². The Kier molecular flexibility index (Phi) is 10.5. The zero-order chi connectivity index (χ0) is 28.6. The van der Waals surface area contributed by atoms with Gasteiger partial charge in [0.05, 0.1) is 11.9 Å². The highest BCUT2D eigenvalue weighted by molar-refractivity contribution is 7.92. The molecule has 208 valence electrons. The van der Waals surface area contributed by atoms with E-state index in [1.807, 2.05) is 74.5 Å². The molecule has 0 saturated carbocycles. The fourth-order valence-electron chi connectivity index (χ4n) is 4.24. The molecule has 2 unspecified atom stereocenters. The predicted octanol–water partition coefficient (Wildman–Crippen LogP) is 4.97. The summed E-state index contributed by atoms with van der Waals surface area (Å²) in [4.78, 5) is 29.2. The average molecular weight is 570 g/mol. The highest BCUT2D eigenvalue weighted by atomic mass is 35.5. The van der Waals surface area contributed by atoms with E-state index in [1.54, 1.807) is 25.1 Å². The zero-order valence-electron chi connectivity index (χ0n) is 22.8. The van der Waals surface area contributed by atoms with Crippen molar-refractivity contribution in [2.24, 2.45) is 0 Å². The first kappa shape index (κ1) is 30.2. The molecule has 0 aliphatic heterocycles. The molecule has 0 aliphatic carbocycles. The largest absolute Gasteiger partial charge is 0.352 e. The summed E-state index contributed by atoms with van der Waals surface area (Å²) in [6, 6.07) is 22.8. The molecule has 0 saturated heterocycles. The van der Waals surface area contributed by atoms with Gasteiger partial charge < -0.3 is 10.2 Å². The normalized spacial score (nSPS) is 12.8. The van der Waals surface area contributed by atoms with Crippen molar-refractivity contribution in [1.29, 1.82) is 0 Å². The van der Waals surface area contributed by atoms with Crippen molar-refractivity contribution in [1.82, 2.24) is 10.2 Å². The van der Waals surface area contributed by atoms with Crippen LogP contribution in [-0.2, 0) is 32.6 Å². The lowest BCUT2D eigenvalue weighted by Gasteiger charge is -2.34. The Hall–Kier alpha value is -3.36. The van der Waals surface area contributed by atoms with Gasteiger partial charge in [0.2, 0.25) is 21.8 Å². The van der Waals surface area contributed by atoms with Gasteiger partial charge in [0, 0.05) is 24.0 Å². The average Bonchev–Trinajstić information content (AvgIpc) is 2.91. The summed E-state index contributed by atoms with van der Waals surface area (Å²) >= 11 is 6.29. The van der Waals surface area contributed by atoms with Crippen LogP contribution in [0.4, 0.5) is 5.69 Å². The Labute approximate surface area is 236 Å². The van der Waals surface area contributed by atoms with E-state index in [9.17, 15) is 18.0 Å². The van der Waals surface area contributed by atoms with Gasteiger partial charge in [-0.1, -0.05) is 85.3 Å².